The number of hydrogen-bond acceptors (Lipinski definition) is 6. The number of nitrogens with zero attached hydrogens (tertiary/aromatic N) is 2. The molecule has 0 saturated carbocycles. The third kappa shape index (κ3) is 3.13. The second-order valence-corrected chi connectivity index (χ2v) is 7.96. The van der Waals surface area contributed by atoms with Gasteiger partial charge in [-0.2, -0.15) is 11.3 Å². The van der Waals surface area contributed by atoms with E-state index in [9.17, 15) is 4.79 Å². The topological polar surface area (TPSA) is 51.7 Å². The summed E-state index contributed by atoms with van der Waals surface area (Å²) in [4.78, 5) is 20.2. The van der Waals surface area contributed by atoms with E-state index in [2.05, 4.69) is 10.4 Å². The minimum Gasteiger partial charge on any atom is -0.350 e. The van der Waals surface area contributed by atoms with Crippen LogP contribution in [0.1, 0.15) is 28.2 Å². The number of carbonyl (C=O) groups excluding carboxylic acids is 1. The molecule has 24 heavy (non-hydrogen) atoms. The van der Waals surface area contributed by atoms with Gasteiger partial charge >= 0.3 is 0 Å². The van der Waals surface area contributed by atoms with Crippen molar-refractivity contribution in [2.45, 2.75) is 26.1 Å². The first-order chi connectivity index (χ1) is 11.7. The molecule has 0 radical (unpaired) electrons. The maximum absolute atomic E-state index is 12.9. The molecule has 2 aliphatic rings. The van der Waals surface area contributed by atoms with Gasteiger partial charge in [0, 0.05) is 30.0 Å². The lowest BCUT2D eigenvalue weighted by Crippen LogP contribution is -2.41. The maximum atomic E-state index is 12.9. The minimum atomic E-state index is -0.0717. The van der Waals surface area contributed by atoms with Gasteiger partial charge in [0.2, 0.25) is 0 Å². The SMILES string of the molecule is Cc1nc(-c2ccsc2)sc1C(=O)N1CCC(C2OCCO2)CC1. The highest BCUT2D eigenvalue weighted by Gasteiger charge is 2.33. The summed E-state index contributed by atoms with van der Waals surface area (Å²) in [5.41, 5.74) is 1.93. The number of hydrogen-bond donors (Lipinski definition) is 0. The molecule has 2 aromatic heterocycles. The second-order valence-electron chi connectivity index (χ2n) is 6.19. The van der Waals surface area contributed by atoms with Crippen molar-refractivity contribution in [2.75, 3.05) is 26.3 Å². The second kappa shape index (κ2) is 6.92. The van der Waals surface area contributed by atoms with Crippen LogP contribution in [-0.4, -0.2) is 48.4 Å². The fraction of sp³-hybridized carbons (Fsp3) is 0.529. The highest BCUT2D eigenvalue weighted by molar-refractivity contribution is 7.17. The lowest BCUT2D eigenvalue weighted by molar-refractivity contribution is -0.0956. The Morgan fingerprint density at radius 1 is 1.29 bits per heavy atom. The van der Waals surface area contributed by atoms with E-state index in [-0.39, 0.29) is 12.2 Å². The fourth-order valence-corrected chi connectivity index (χ4v) is 5.02. The first-order valence-corrected chi connectivity index (χ1v) is 10.0. The Balaban J connectivity index is 1.43. The van der Waals surface area contributed by atoms with Crippen molar-refractivity contribution in [2.24, 2.45) is 5.92 Å². The zero-order valence-corrected chi connectivity index (χ0v) is 15.2. The molecule has 4 heterocycles. The van der Waals surface area contributed by atoms with Crippen molar-refractivity contribution >= 4 is 28.6 Å². The molecule has 2 fully saturated rings. The minimum absolute atomic E-state index is 0.0717. The normalized spacial score (nSPS) is 20.0. The van der Waals surface area contributed by atoms with Gasteiger partial charge in [-0.05, 0) is 31.2 Å². The standard InChI is InChI=1S/C17H20N2O3S2/c1-11-14(24-15(18-11)13-4-9-23-10-13)16(20)19-5-2-12(3-6-19)17-21-7-8-22-17/h4,9-10,12,17H,2-3,5-8H2,1H3. The van der Waals surface area contributed by atoms with Crippen LogP contribution >= 0.6 is 22.7 Å². The van der Waals surface area contributed by atoms with Crippen LogP contribution in [0.4, 0.5) is 0 Å². The average Bonchev–Trinajstić information content (AvgIpc) is 3.35. The predicted molar refractivity (Wildman–Crippen MR) is 94.5 cm³/mol. The molecule has 2 aromatic rings. The van der Waals surface area contributed by atoms with Crippen LogP contribution in [0.2, 0.25) is 0 Å². The van der Waals surface area contributed by atoms with E-state index in [1.54, 1.807) is 11.3 Å². The summed E-state index contributed by atoms with van der Waals surface area (Å²) in [5.74, 6) is 0.513. The lowest BCUT2D eigenvalue weighted by Gasteiger charge is -2.33. The Labute approximate surface area is 149 Å². The predicted octanol–water partition coefficient (Wildman–Crippen LogP) is 3.41. The monoisotopic (exact) mass is 364 g/mol. The summed E-state index contributed by atoms with van der Waals surface area (Å²) >= 11 is 3.15. The first-order valence-electron chi connectivity index (χ1n) is 8.25. The molecule has 0 spiro atoms. The van der Waals surface area contributed by atoms with Gasteiger partial charge in [-0.25, -0.2) is 4.98 Å². The molecule has 0 atom stereocenters. The van der Waals surface area contributed by atoms with E-state index in [1.807, 2.05) is 23.3 Å². The summed E-state index contributed by atoms with van der Waals surface area (Å²) in [6.07, 6.45) is 1.80. The molecule has 2 aliphatic heterocycles. The van der Waals surface area contributed by atoms with Crippen molar-refractivity contribution in [3.63, 3.8) is 0 Å². The Morgan fingerprint density at radius 3 is 2.71 bits per heavy atom. The van der Waals surface area contributed by atoms with Gasteiger partial charge in [-0.3, -0.25) is 4.79 Å². The summed E-state index contributed by atoms with van der Waals surface area (Å²) in [7, 11) is 0. The molecular formula is C17H20N2O3S2. The molecule has 2 saturated heterocycles. The van der Waals surface area contributed by atoms with Crippen LogP contribution in [0.5, 0.6) is 0 Å². The number of aryl methyl sites for hydroxylation is 1. The molecule has 0 N–H and O–H groups in total. The number of ether oxygens (including phenoxy) is 2. The van der Waals surface area contributed by atoms with Crippen molar-refractivity contribution in [3.05, 3.63) is 27.4 Å². The maximum Gasteiger partial charge on any atom is 0.265 e. The van der Waals surface area contributed by atoms with Gasteiger partial charge in [-0.1, -0.05) is 0 Å². The number of carbonyl (C=O) groups is 1. The number of aromatic nitrogens is 1. The number of rotatable bonds is 3. The van der Waals surface area contributed by atoms with Gasteiger partial charge in [-0.15, -0.1) is 11.3 Å². The Kier molecular flexibility index (Phi) is 4.67. The smallest absolute Gasteiger partial charge is 0.265 e. The largest absolute Gasteiger partial charge is 0.350 e. The van der Waals surface area contributed by atoms with E-state index >= 15 is 0 Å². The molecule has 0 aliphatic carbocycles. The number of likely N-dealkylation sites (tertiary alicyclic amines) is 1. The van der Waals surface area contributed by atoms with E-state index < -0.39 is 0 Å². The summed E-state index contributed by atoms with van der Waals surface area (Å²) in [6, 6.07) is 2.05. The highest BCUT2D eigenvalue weighted by Crippen LogP contribution is 2.32. The number of piperidine rings is 1. The van der Waals surface area contributed by atoms with Gasteiger partial charge in [0.15, 0.2) is 6.29 Å². The van der Waals surface area contributed by atoms with Gasteiger partial charge in [0.1, 0.15) is 9.88 Å². The van der Waals surface area contributed by atoms with Crippen LogP contribution in [0.3, 0.4) is 0 Å². The molecule has 0 unspecified atom stereocenters. The molecule has 4 rings (SSSR count). The van der Waals surface area contributed by atoms with Gasteiger partial charge in [0.05, 0.1) is 18.9 Å². The lowest BCUT2D eigenvalue weighted by atomic mass is 9.96. The number of amides is 1. The van der Waals surface area contributed by atoms with E-state index in [4.69, 9.17) is 9.47 Å². The Hall–Kier alpha value is -1.28. The van der Waals surface area contributed by atoms with Gasteiger partial charge < -0.3 is 14.4 Å². The number of thiophene rings is 1. The fourth-order valence-electron chi connectivity index (χ4n) is 3.27. The first kappa shape index (κ1) is 16.2. The molecule has 1 amide bonds. The molecule has 0 aromatic carbocycles. The van der Waals surface area contributed by atoms with Crippen LogP contribution in [-0.2, 0) is 9.47 Å². The third-order valence-corrected chi connectivity index (χ3v) is 6.50. The zero-order valence-electron chi connectivity index (χ0n) is 13.6. The van der Waals surface area contributed by atoms with Crippen LogP contribution < -0.4 is 0 Å². The average molecular weight is 364 g/mol. The summed E-state index contributed by atoms with van der Waals surface area (Å²) in [5, 5.41) is 5.03. The Bertz CT molecular complexity index is 699. The van der Waals surface area contributed by atoms with Crippen LogP contribution in [0.25, 0.3) is 10.6 Å². The van der Waals surface area contributed by atoms with E-state index in [0.717, 1.165) is 47.1 Å². The van der Waals surface area contributed by atoms with Gasteiger partial charge in [0.25, 0.3) is 5.91 Å². The quantitative estimate of drug-likeness (QED) is 0.838. The summed E-state index contributed by atoms with van der Waals surface area (Å²) < 4.78 is 11.2. The third-order valence-electron chi connectivity index (χ3n) is 4.62. The molecular weight excluding hydrogens is 344 g/mol. The van der Waals surface area contributed by atoms with Crippen LogP contribution in [0, 0.1) is 12.8 Å². The number of thiazole rings is 1. The zero-order chi connectivity index (χ0) is 16.5. The van der Waals surface area contributed by atoms with Crippen molar-refractivity contribution in [1.29, 1.82) is 0 Å². The van der Waals surface area contributed by atoms with Crippen molar-refractivity contribution < 1.29 is 14.3 Å². The summed E-state index contributed by atoms with van der Waals surface area (Å²) in [6.45, 7) is 4.83. The highest BCUT2D eigenvalue weighted by atomic mass is 32.1. The molecule has 0 bridgehead atoms. The van der Waals surface area contributed by atoms with Crippen molar-refractivity contribution in [1.82, 2.24) is 9.88 Å². The van der Waals surface area contributed by atoms with Crippen LogP contribution in [0.15, 0.2) is 16.8 Å². The molecule has 5 nitrogen and oxygen atoms in total. The molecule has 128 valence electrons. The Morgan fingerprint density at radius 2 is 2.04 bits per heavy atom. The molecule has 7 heteroatoms. The van der Waals surface area contributed by atoms with Crippen molar-refractivity contribution in [3.8, 4) is 10.6 Å². The van der Waals surface area contributed by atoms with E-state index in [1.165, 1.54) is 11.3 Å². The van der Waals surface area contributed by atoms with E-state index in [0.29, 0.717) is 19.1 Å².